The molecule has 0 unspecified atom stereocenters. The molecule has 1 aromatic carbocycles. The van der Waals surface area contributed by atoms with E-state index in [4.69, 9.17) is 15.7 Å². The van der Waals surface area contributed by atoms with Crippen LogP contribution in [0.2, 0.25) is 0 Å². The third-order valence-corrected chi connectivity index (χ3v) is 2.44. The quantitative estimate of drug-likeness (QED) is 0.895. The summed E-state index contributed by atoms with van der Waals surface area (Å²) in [5.74, 6) is 1.09. The van der Waals surface area contributed by atoms with E-state index in [0.717, 1.165) is 5.56 Å². The zero-order valence-electron chi connectivity index (χ0n) is 11.2. The highest BCUT2D eigenvalue weighted by Crippen LogP contribution is 2.20. The van der Waals surface area contributed by atoms with Crippen LogP contribution in [-0.2, 0) is 6.42 Å². The summed E-state index contributed by atoms with van der Waals surface area (Å²) < 4.78 is 5.53. The summed E-state index contributed by atoms with van der Waals surface area (Å²) >= 11 is 0. The van der Waals surface area contributed by atoms with Gasteiger partial charge in [0.05, 0.1) is 12.5 Å². The number of benzene rings is 1. The number of hydrogen-bond acceptors (Lipinski definition) is 7. The molecule has 1 heterocycles. The van der Waals surface area contributed by atoms with Crippen LogP contribution in [0.3, 0.4) is 0 Å². The van der Waals surface area contributed by atoms with Crippen molar-refractivity contribution in [1.82, 2.24) is 15.0 Å². The molecule has 0 spiro atoms. The number of hydrogen-bond donors (Lipinski definition) is 1. The number of nitrogens with two attached hydrogens (primary N) is 1. The Morgan fingerprint density at radius 2 is 1.90 bits per heavy atom. The van der Waals surface area contributed by atoms with Gasteiger partial charge < -0.3 is 15.4 Å². The van der Waals surface area contributed by atoms with Gasteiger partial charge in [-0.2, -0.15) is 20.2 Å². The first-order valence-corrected chi connectivity index (χ1v) is 5.91. The zero-order valence-corrected chi connectivity index (χ0v) is 11.2. The van der Waals surface area contributed by atoms with Crippen molar-refractivity contribution >= 4 is 11.9 Å². The van der Waals surface area contributed by atoms with Crippen molar-refractivity contribution in [2.24, 2.45) is 0 Å². The zero-order chi connectivity index (χ0) is 14.5. The third-order valence-electron chi connectivity index (χ3n) is 2.44. The van der Waals surface area contributed by atoms with Crippen LogP contribution in [0, 0.1) is 11.3 Å². The number of nitrogen functional groups attached to an aromatic ring is 1. The molecule has 0 aliphatic rings. The molecule has 0 radical (unpaired) electrons. The van der Waals surface area contributed by atoms with E-state index in [0.29, 0.717) is 18.1 Å². The van der Waals surface area contributed by atoms with E-state index in [-0.39, 0.29) is 12.0 Å². The highest BCUT2D eigenvalue weighted by molar-refractivity contribution is 5.36. The van der Waals surface area contributed by atoms with Crippen molar-refractivity contribution in [1.29, 1.82) is 5.26 Å². The molecule has 2 rings (SSSR count). The largest absolute Gasteiger partial charge is 0.424 e. The molecular weight excluding hydrogens is 256 g/mol. The summed E-state index contributed by atoms with van der Waals surface area (Å²) in [4.78, 5) is 13.7. The molecule has 0 saturated heterocycles. The SMILES string of the molecule is CN(C)c1nc(N)nc(Oc2ccc(CC#N)cc2)n1. The Bertz CT molecular complexity index is 632. The standard InChI is InChI=1S/C13H14N6O/c1-19(2)12-16-11(15)17-13(18-12)20-10-5-3-9(4-6-10)7-8-14/h3-6H,7H2,1-2H3,(H2,15,16,17,18). The average molecular weight is 270 g/mol. The van der Waals surface area contributed by atoms with E-state index in [1.165, 1.54) is 0 Å². The van der Waals surface area contributed by atoms with Gasteiger partial charge in [-0.1, -0.05) is 12.1 Å². The maximum absolute atomic E-state index is 8.61. The summed E-state index contributed by atoms with van der Waals surface area (Å²) in [7, 11) is 3.60. The highest BCUT2D eigenvalue weighted by atomic mass is 16.5. The van der Waals surface area contributed by atoms with Crippen LogP contribution >= 0.6 is 0 Å². The first-order chi connectivity index (χ1) is 9.58. The number of anilines is 2. The normalized spacial score (nSPS) is 9.85. The van der Waals surface area contributed by atoms with Crippen LogP contribution in [0.15, 0.2) is 24.3 Å². The maximum Gasteiger partial charge on any atom is 0.328 e. The fraction of sp³-hybridized carbons (Fsp3) is 0.231. The van der Waals surface area contributed by atoms with Gasteiger partial charge in [0.2, 0.25) is 11.9 Å². The topological polar surface area (TPSA) is 101 Å². The summed E-state index contributed by atoms with van der Waals surface area (Å²) in [5, 5.41) is 8.61. The Labute approximate surface area is 116 Å². The van der Waals surface area contributed by atoms with E-state index in [1.54, 1.807) is 31.1 Å². The van der Waals surface area contributed by atoms with E-state index in [2.05, 4.69) is 21.0 Å². The Kier molecular flexibility index (Phi) is 3.96. The number of rotatable bonds is 4. The number of nitriles is 1. The summed E-state index contributed by atoms with van der Waals surface area (Å²) in [6, 6.07) is 9.35. The van der Waals surface area contributed by atoms with Gasteiger partial charge in [0.1, 0.15) is 5.75 Å². The molecule has 0 amide bonds. The monoisotopic (exact) mass is 270 g/mol. The van der Waals surface area contributed by atoms with E-state index >= 15 is 0 Å². The van der Waals surface area contributed by atoms with Gasteiger partial charge in [-0.25, -0.2) is 0 Å². The second-order valence-electron chi connectivity index (χ2n) is 4.25. The second kappa shape index (κ2) is 5.84. The molecule has 7 nitrogen and oxygen atoms in total. The van der Waals surface area contributed by atoms with Crippen molar-refractivity contribution < 1.29 is 4.74 Å². The molecular formula is C13H14N6O. The molecule has 1 aromatic heterocycles. The number of ether oxygens (including phenoxy) is 1. The van der Waals surface area contributed by atoms with Crippen LogP contribution in [0.5, 0.6) is 11.8 Å². The van der Waals surface area contributed by atoms with Crippen molar-refractivity contribution in [3.8, 4) is 17.8 Å². The molecule has 0 aliphatic heterocycles. The minimum Gasteiger partial charge on any atom is -0.424 e. The van der Waals surface area contributed by atoms with Crippen LogP contribution in [0.4, 0.5) is 11.9 Å². The lowest BCUT2D eigenvalue weighted by Gasteiger charge is -2.11. The van der Waals surface area contributed by atoms with Gasteiger partial charge in [-0.3, -0.25) is 0 Å². The highest BCUT2D eigenvalue weighted by Gasteiger charge is 2.08. The lowest BCUT2D eigenvalue weighted by atomic mass is 10.2. The molecule has 0 fully saturated rings. The van der Waals surface area contributed by atoms with Gasteiger partial charge >= 0.3 is 6.01 Å². The van der Waals surface area contributed by atoms with Gasteiger partial charge in [-0.05, 0) is 17.7 Å². The van der Waals surface area contributed by atoms with Gasteiger partial charge in [0.25, 0.3) is 0 Å². The Morgan fingerprint density at radius 1 is 1.20 bits per heavy atom. The molecule has 102 valence electrons. The van der Waals surface area contributed by atoms with Gasteiger partial charge in [0, 0.05) is 14.1 Å². The molecule has 20 heavy (non-hydrogen) atoms. The van der Waals surface area contributed by atoms with Crippen molar-refractivity contribution in [2.75, 3.05) is 24.7 Å². The second-order valence-corrected chi connectivity index (χ2v) is 4.25. The first-order valence-electron chi connectivity index (χ1n) is 5.91. The fourth-order valence-corrected chi connectivity index (χ4v) is 1.48. The van der Waals surface area contributed by atoms with Crippen LogP contribution < -0.4 is 15.4 Å². The smallest absolute Gasteiger partial charge is 0.328 e. The fourth-order valence-electron chi connectivity index (χ4n) is 1.48. The Balaban J connectivity index is 2.19. The first kappa shape index (κ1) is 13.5. The predicted octanol–water partition coefficient (Wildman–Crippen LogP) is 1.38. The minimum atomic E-state index is 0.0970. The van der Waals surface area contributed by atoms with Crippen LogP contribution in [-0.4, -0.2) is 29.0 Å². The third kappa shape index (κ3) is 3.32. The summed E-state index contributed by atoms with van der Waals surface area (Å²) in [5.41, 5.74) is 6.53. The van der Waals surface area contributed by atoms with Crippen molar-refractivity contribution in [3.05, 3.63) is 29.8 Å². The van der Waals surface area contributed by atoms with Crippen molar-refractivity contribution in [2.45, 2.75) is 6.42 Å². The van der Waals surface area contributed by atoms with E-state index in [9.17, 15) is 0 Å². The summed E-state index contributed by atoms with van der Waals surface area (Å²) in [6.07, 6.45) is 0.365. The number of nitrogens with zero attached hydrogens (tertiary/aromatic N) is 5. The van der Waals surface area contributed by atoms with E-state index < -0.39 is 0 Å². The molecule has 7 heteroatoms. The Hall–Kier alpha value is -2.88. The molecule has 0 aliphatic carbocycles. The molecule has 0 bridgehead atoms. The van der Waals surface area contributed by atoms with Crippen LogP contribution in [0.25, 0.3) is 0 Å². The molecule has 2 N–H and O–H groups in total. The predicted molar refractivity (Wildman–Crippen MR) is 74.4 cm³/mol. The van der Waals surface area contributed by atoms with Crippen LogP contribution in [0.1, 0.15) is 5.56 Å². The molecule has 0 atom stereocenters. The van der Waals surface area contributed by atoms with E-state index in [1.807, 2.05) is 12.1 Å². The van der Waals surface area contributed by atoms with Gasteiger partial charge in [0.15, 0.2) is 0 Å². The lowest BCUT2D eigenvalue weighted by Crippen LogP contribution is -2.15. The lowest BCUT2D eigenvalue weighted by molar-refractivity contribution is 0.440. The van der Waals surface area contributed by atoms with Crippen molar-refractivity contribution in [3.63, 3.8) is 0 Å². The number of aromatic nitrogens is 3. The molecule has 2 aromatic rings. The average Bonchev–Trinajstić information content (AvgIpc) is 2.40. The summed E-state index contributed by atoms with van der Waals surface area (Å²) in [6.45, 7) is 0. The van der Waals surface area contributed by atoms with Gasteiger partial charge in [-0.15, -0.1) is 0 Å². The molecule has 0 saturated carbocycles. The minimum absolute atomic E-state index is 0.0970. The maximum atomic E-state index is 8.61. The Morgan fingerprint density at radius 3 is 2.50 bits per heavy atom.